The molecule has 0 atom stereocenters. The van der Waals surface area contributed by atoms with Gasteiger partial charge in [0.25, 0.3) is 6.43 Å². The number of hydrogen-bond acceptors (Lipinski definition) is 3. The number of aldehydes is 1. The Morgan fingerprint density at radius 3 is 2.35 bits per heavy atom. The highest BCUT2D eigenvalue weighted by Crippen LogP contribution is 2.24. The molecule has 0 unspecified atom stereocenters. The van der Waals surface area contributed by atoms with E-state index in [0.717, 1.165) is 0 Å². The number of rotatable bonds is 3. The first-order chi connectivity index (χ1) is 7.74. The maximum Gasteiger partial charge on any atom is 0.574 e. The van der Waals surface area contributed by atoms with Gasteiger partial charge >= 0.3 is 6.36 Å². The molecule has 1 aromatic rings. The normalized spacial score (nSPS) is 11.6. The van der Waals surface area contributed by atoms with E-state index in [9.17, 15) is 31.5 Å². The summed E-state index contributed by atoms with van der Waals surface area (Å²) < 4.78 is 63.3. The Labute approximate surface area is 90.0 Å². The van der Waals surface area contributed by atoms with Gasteiger partial charge in [-0.15, -0.1) is 13.2 Å². The average molecular weight is 257 g/mol. The molecule has 1 N–H and O–H groups in total. The quantitative estimate of drug-likeness (QED) is 0.665. The van der Waals surface area contributed by atoms with E-state index < -0.39 is 35.4 Å². The second-order valence-electron chi connectivity index (χ2n) is 2.80. The minimum absolute atomic E-state index is 0.213. The lowest BCUT2D eigenvalue weighted by molar-refractivity contribution is -0.276. The van der Waals surface area contributed by atoms with Crippen LogP contribution in [-0.2, 0) is 0 Å². The number of hydrogen-bond donors (Lipinski definition) is 1. The Morgan fingerprint density at radius 1 is 1.35 bits per heavy atom. The van der Waals surface area contributed by atoms with E-state index in [1.54, 1.807) is 0 Å². The second-order valence-corrected chi connectivity index (χ2v) is 2.80. The first kappa shape index (κ1) is 13.1. The van der Waals surface area contributed by atoms with Crippen LogP contribution in [0.25, 0.3) is 0 Å². The number of H-pyrrole nitrogens is 1. The van der Waals surface area contributed by atoms with Gasteiger partial charge in [0.05, 0.1) is 5.69 Å². The zero-order valence-electron chi connectivity index (χ0n) is 7.85. The van der Waals surface area contributed by atoms with E-state index >= 15 is 0 Å². The fourth-order valence-electron chi connectivity index (χ4n) is 0.991. The molecular formula is C8H4F5NO3. The molecule has 0 aliphatic rings. The van der Waals surface area contributed by atoms with Crippen LogP contribution in [0.1, 0.15) is 22.5 Å². The summed E-state index contributed by atoms with van der Waals surface area (Å²) in [7, 11) is 0. The standard InChI is InChI=1S/C8H4F5NO3/c9-6(10)4-1-5(16)3(2-15)7(14-4)17-8(11,12)13/h1-2,6H,(H,14,16). The van der Waals surface area contributed by atoms with Crippen molar-refractivity contribution in [1.82, 2.24) is 4.98 Å². The summed E-state index contributed by atoms with van der Waals surface area (Å²) in [4.78, 5) is 22.9. The van der Waals surface area contributed by atoms with Gasteiger partial charge in [-0.25, -0.2) is 8.78 Å². The molecule has 0 fully saturated rings. The first-order valence-electron chi connectivity index (χ1n) is 4.01. The second kappa shape index (κ2) is 4.52. The maximum absolute atomic E-state index is 12.2. The van der Waals surface area contributed by atoms with Crippen molar-refractivity contribution >= 4 is 6.29 Å². The number of halogens is 5. The smallest absolute Gasteiger partial charge is 0.389 e. The van der Waals surface area contributed by atoms with Crippen LogP contribution in [0.5, 0.6) is 5.88 Å². The van der Waals surface area contributed by atoms with Crippen molar-refractivity contribution in [3.63, 3.8) is 0 Å². The molecule has 0 saturated carbocycles. The summed E-state index contributed by atoms with van der Waals surface area (Å²) in [5, 5.41) is 0. The summed E-state index contributed by atoms with van der Waals surface area (Å²) in [5.74, 6) is -1.35. The minimum atomic E-state index is -5.21. The van der Waals surface area contributed by atoms with Crippen LogP contribution in [0, 0.1) is 0 Å². The molecule has 9 heteroatoms. The van der Waals surface area contributed by atoms with Crippen molar-refractivity contribution in [2.45, 2.75) is 12.8 Å². The Balaban J connectivity index is 3.34. The van der Waals surface area contributed by atoms with Gasteiger partial charge in [-0.1, -0.05) is 0 Å². The van der Waals surface area contributed by atoms with Crippen LogP contribution in [0.3, 0.4) is 0 Å². The van der Waals surface area contributed by atoms with E-state index in [-0.39, 0.29) is 6.29 Å². The molecule has 0 aliphatic heterocycles. The number of pyridine rings is 1. The van der Waals surface area contributed by atoms with Gasteiger partial charge in [-0.2, -0.15) is 0 Å². The molecule has 0 amide bonds. The molecule has 1 rings (SSSR count). The molecule has 1 heterocycles. The van der Waals surface area contributed by atoms with Gasteiger partial charge in [0.1, 0.15) is 5.56 Å². The Morgan fingerprint density at radius 2 is 1.94 bits per heavy atom. The first-order valence-corrected chi connectivity index (χ1v) is 4.01. The van der Waals surface area contributed by atoms with Gasteiger partial charge in [0, 0.05) is 6.07 Å². The zero-order valence-corrected chi connectivity index (χ0v) is 7.85. The van der Waals surface area contributed by atoms with E-state index in [4.69, 9.17) is 0 Å². The topological polar surface area (TPSA) is 59.2 Å². The zero-order chi connectivity index (χ0) is 13.2. The molecule has 17 heavy (non-hydrogen) atoms. The number of carbonyl (C=O) groups is 1. The number of aromatic nitrogens is 1. The fourth-order valence-corrected chi connectivity index (χ4v) is 0.991. The third kappa shape index (κ3) is 3.26. The molecular weight excluding hydrogens is 253 g/mol. The van der Waals surface area contributed by atoms with Crippen molar-refractivity contribution in [3.05, 3.63) is 27.5 Å². The molecule has 0 saturated heterocycles. The third-order valence-corrected chi connectivity index (χ3v) is 1.63. The van der Waals surface area contributed by atoms with Crippen LogP contribution < -0.4 is 10.2 Å². The monoisotopic (exact) mass is 257 g/mol. The van der Waals surface area contributed by atoms with Crippen molar-refractivity contribution in [1.29, 1.82) is 0 Å². The van der Waals surface area contributed by atoms with Gasteiger partial charge in [-0.3, -0.25) is 9.59 Å². The molecule has 94 valence electrons. The molecule has 0 bridgehead atoms. The molecule has 0 aromatic carbocycles. The van der Waals surface area contributed by atoms with Crippen molar-refractivity contribution in [3.8, 4) is 5.88 Å². The fraction of sp³-hybridized carbons (Fsp3) is 0.250. The summed E-state index contributed by atoms with van der Waals surface area (Å²) >= 11 is 0. The van der Waals surface area contributed by atoms with Crippen molar-refractivity contribution in [2.24, 2.45) is 0 Å². The van der Waals surface area contributed by atoms with Crippen molar-refractivity contribution in [2.75, 3.05) is 0 Å². The van der Waals surface area contributed by atoms with Crippen molar-refractivity contribution < 1.29 is 31.5 Å². The molecule has 0 aliphatic carbocycles. The average Bonchev–Trinajstić information content (AvgIpc) is 2.14. The van der Waals surface area contributed by atoms with Gasteiger partial charge in [0.2, 0.25) is 5.88 Å². The lowest BCUT2D eigenvalue weighted by atomic mass is 10.2. The van der Waals surface area contributed by atoms with E-state index in [1.807, 2.05) is 0 Å². The third-order valence-electron chi connectivity index (χ3n) is 1.63. The lowest BCUT2D eigenvalue weighted by Gasteiger charge is -2.11. The number of ether oxygens (including phenoxy) is 1. The van der Waals surface area contributed by atoms with E-state index in [2.05, 4.69) is 4.74 Å². The lowest BCUT2D eigenvalue weighted by Crippen LogP contribution is -2.22. The minimum Gasteiger partial charge on any atom is -0.389 e. The molecule has 0 radical (unpaired) electrons. The largest absolute Gasteiger partial charge is 0.574 e. The number of aromatic amines is 1. The highest BCUT2D eigenvalue weighted by molar-refractivity contribution is 5.78. The van der Waals surface area contributed by atoms with E-state index in [0.29, 0.717) is 6.07 Å². The summed E-state index contributed by atoms with van der Waals surface area (Å²) in [5.41, 5.74) is -3.36. The summed E-state index contributed by atoms with van der Waals surface area (Å²) in [6, 6.07) is 0.331. The van der Waals surface area contributed by atoms with Crippen LogP contribution in [-0.4, -0.2) is 17.6 Å². The summed E-state index contributed by atoms with van der Waals surface area (Å²) in [6.45, 7) is 0. The highest BCUT2D eigenvalue weighted by Gasteiger charge is 2.33. The maximum atomic E-state index is 12.2. The van der Waals surface area contributed by atoms with Gasteiger partial charge in [0.15, 0.2) is 11.7 Å². The number of nitrogens with one attached hydrogen (secondary N) is 1. The molecule has 1 aromatic heterocycles. The Hall–Kier alpha value is -1.93. The predicted molar refractivity (Wildman–Crippen MR) is 44.1 cm³/mol. The Bertz CT molecular complexity index is 479. The number of carbonyl (C=O) groups excluding carboxylic acids is 1. The highest BCUT2D eigenvalue weighted by atomic mass is 19.4. The van der Waals surface area contributed by atoms with Crippen LogP contribution in [0.15, 0.2) is 10.9 Å². The van der Waals surface area contributed by atoms with Gasteiger partial charge < -0.3 is 9.72 Å². The van der Waals surface area contributed by atoms with E-state index in [1.165, 1.54) is 4.98 Å². The summed E-state index contributed by atoms with van der Waals surface area (Å²) in [6.07, 6.45) is -8.62. The Kier molecular flexibility index (Phi) is 3.49. The SMILES string of the molecule is O=Cc1c(OC(F)(F)F)[nH]c(C(F)F)cc1=O. The molecule has 4 nitrogen and oxygen atoms in total. The van der Waals surface area contributed by atoms with Gasteiger partial charge in [-0.05, 0) is 0 Å². The van der Waals surface area contributed by atoms with Crippen LogP contribution in [0.4, 0.5) is 22.0 Å². The number of alkyl halides is 5. The predicted octanol–water partition coefficient (Wildman–Crippen LogP) is 2.02. The van der Waals surface area contributed by atoms with Crippen LogP contribution in [0.2, 0.25) is 0 Å². The molecule has 0 spiro atoms. The van der Waals surface area contributed by atoms with Crippen LogP contribution >= 0.6 is 0 Å².